The van der Waals surface area contributed by atoms with E-state index in [1.54, 1.807) is 18.2 Å². The third-order valence-electron chi connectivity index (χ3n) is 2.71. The van der Waals surface area contributed by atoms with E-state index in [1.165, 1.54) is 10.7 Å². The molecule has 0 amide bonds. The zero-order chi connectivity index (χ0) is 14.5. The van der Waals surface area contributed by atoms with Gasteiger partial charge in [-0.3, -0.25) is 4.79 Å². The molecule has 2 N–H and O–H groups in total. The summed E-state index contributed by atoms with van der Waals surface area (Å²) in [5.74, 6) is 0.612. The van der Waals surface area contributed by atoms with E-state index < -0.39 is 0 Å². The van der Waals surface area contributed by atoms with Gasteiger partial charge in [-0.15, -0.1) is 0 Å². The number of nitrogens with zero attached hydrogens (tertiary/aromatic N) is 2. The van der Waals surface area contributed by atoms with Crippen molar-refractivity contribution in [1.82, 2.24) is 9.78 Å². The lowest BCUT2D eigenvalue weighted by Gasteiger charge is -2.11. The van der Waals surface area contributed by atoms with Gasteiger partial charge in [0.1, 0.15) is 17.3 Å². The van der Waals surface area contributed by atoms with E-state index in [-0.39, 0.29) is 10.5 Å². The van der Waals surface area contributed by atoms with Crippen LogP contribution in [-0.2, 0) is 6.54 Å². The molecule has 104 valence electrons. The molecule has 0 fully saturated rings. The van der Waals surface area contributed by atoms with Crippen molar-refractivity contribution in [1.29, 1.82) is 0 Å². The molecule has 1 aromatic heterocycles. The number of thiocarbonyl (C=S) groups is 1. The highest BCUT2D eigenvalue weighted by molar-refractivity contribution is 7.80. The zero-order valence-corrected chi connectivity index (χ0v) is 11.9. The first-order valence-corrected chi connectivity index (χ1v) is 6.55. The quantitative estimate of drug-likeness (QED) is 0.839. The second-order valence-electron chi connectivity index (χ2n) is 4.24. The van der Waals surface area contributed by atoms with Crippen LogP contribution in [0, 0.1) is 6.92 Å². The van der Waals surface area contributed by atoms with Gasteiger partial charge in [0.2, 0.25) is 0 Å². The number of ether oxygens (including phenoxy) is 1. The van der Waals surface area contributed by atoms with Gasteiger partial charge in [-0.1, -0.05) is 24.4 Å². The highest BCUT2D eigenvalue weighted by Crippen LogP contribution is 2.17. The molecule has 0 aliphatic carbocycles. The zero-order valence-electron chi connectivity index (χ0n) is 11.1. The normalized spacial score (nSPS) is 10.2. The standard InChI is InChI=1S/C14H15N3O2S/c1-10-6-7-13(18)17(16-10)8-9-19-12-5-3-2-4-11(12)14(15)20/h2-7H,8-9H2,1H3,(H2,15,20). The van der Waals surface area contributed by atoms with Crippen LogP contribution in [0.4, 0.5) is 0 Å². The van der Waals surface area contributed by atoms with Crippen LogP contribution in [0.5, 0.6) is 5.75 Å². The van der Waals surface area contributed by atoms with Crippen molar-refractivity contribution in [3.05, 3.63) is 58.0 Å². The minimum Gasteiger partial charge on any atom is -0.491 e. The summed E-state index contributed by atoms with van der Waals surface area (Å²) in [5, 5.41) is 4.14. The molecule has 2 rings (SSSR count). The van der Waals surface area contributed by atoms with Crippen molar-refractivity contribution in [2.45, 2.75) is 13.5 Å². The maximum absolute atomic E-state index is 11.6. The minimum atomic E-state index is -0.151. The second-order valence-corrected chi connectivity index (χ2v) is 4.68. The van der Waals surface area contributed by atoms with Gasteiger partial charge in [-0.2, -0.15) is 5.10 Å². The Balaban J connectivity index is 2.05. The summed E-state index contributed by atoms with van der Waals surface area (Å²) in [6, 6.07) is 10.4. The lowest BCUT2D eigenvalue weighted by Crippen LogP contribution is -2.25. The van der Waals surface area contributed by atoms with Gasteiger partial charge in [0, 0.05) is 6.07 Å². The van der Waals surface area contributed by atoms with Gasteiger partial charge >= 0.3 is 0 Å². The Kier molecular flexibility index (Phi) is 4.47. The van der Waals surface area contributed by atoms with Gasteiger partial charge in [-0.25, -0.2) is 4.68 Å². The summed E-state index contributed by atoms with van der Waals surface area (Å²) >= 11 is 4.96. The Labute approximate surface area is 122 Å². The molecule has 0 saturated carbocycles. The summed E-state index contributed by atoms with van der Waals surface area (Å²) < 4.78 is 7.00. The van der Waals surface area contributed by atoms with Crippen LogP contribution in [-0.4, -0.2) is 21.4 Å². The van der Waals surface area contributed by atoms with Crippen molar-refractivity contribution in [2.75, 3.05) is 6.61 Å². The maximum atomic E-state index is 11.6. The molecule has 0 bridgehead atoms. The Bertz CT molecular complexity index is 682. The molecule has 20 heavy (non-hydrogen) atoms. The Morgan fingerprint density at radius 3 is 2.85 bits per heavy atom. The van der Waals surface area contributed by atoms with E-state index in [2.05, 4.69) is 5.10 Å². The van der Waals surface area contributed by atoms with Crippen LogP contribution >= 0.6 is 12.2 Å². The van der Waals surface area contributed by atoms with Gasteiger partial charge in [0.15, 0.2) is 0 Å². The Hall–Kier alpha value is -2.21. The number of aromatic nitrogens is 2. The lowest BCUT2D eigenvalue weighted by atomic mass is 10.2. The van der Waals surface area contributed by atoms with Gasteiger partial charge in [0.05, 0.1) is 17.8 Å². The largest absolute Gasteiger partial charge is 0.491 e. The van der Waals surface area contributed by atoms with Gasteiger partial charge in [0.25, 0.3) is 5.56 Å². The predicted molar refractivity (Wildman–Crippen MR) is 81.1 cm³/mol. The fraction of sp³-hybridized carbons (Fsp3) is 0.214. The summed E-state index contributed by atoms with van der Waals surface area (Å²) in [7, 11) is 0. The molecule has 6 heteroatoms. The predicted octanol–water partition coefficient (Wildman–Crippen LogP) is 1.26. The molecular weight excluding hydrogens is 274 g/mol. The van der Waals surface area contributed by atoms with Crippen molar-refractivity contribution in [3.8, 4) is 5.75 Å². The minimum absolute atomic E-state index is 0.151. The van der Waals surface area contributed by atoms with Crippen molar-refractivity contribution in [2.24, 2.45) is 5.73 Å². The SMILES string of the molecule is Cc1ccc(=O)n(CCOc2ccccc2C(N)=S)n1. The molecule has 5 nitrogen and oxygen atoms in total. The van der Waals surface area contributed by atoms with Crippen LogP contribution in [0.1, 0.15) is 11.3 Å². The van der Waals surface area contributed by atoms with Crippen molar-refractivity contribution < 1.29 is 4.74 Å². The summed E-state index contributed by atoms with van der Waals surface area (Å²) in [5.41, 5.74) is 6.95. The first-order valence-electron chi connectivity index (χ1n) is 6.14. The average molecular weight is 289 g/mol. The number of rotatable bonds is 5. The van der Waals surface area contributed by atoms with E-state index in [0.29, 0.717) is 24.5 Å². The number of hydrogen-bond donors (Lipinski definition) is 1. The molecule has 0 radical (unpaired) electrons. The van der Waals surface area contributed by atoms with Crippen LogP contribution < -0.4 is 16.0 Å². The van der Waals surface area contributed by atoms with E-state index in [1.807, 2.05) is 19.1 Å². The number of aryl methyl sites for hydroxylation is 1. The number of para-hydroxylation sites is 1. The smallest absolute Gasteiger partial charge is 0.266 e. The summed E-state index contributed by atoms with van der Waals surface area (Å²) in [6.45, 7) is 2.52. The fourth-order valence-corrected chi connectivity index (χ4v) is 1.92. The first-order chi connectivity index (χ1) is 9.58. The first kappa shape index (κ1) is 14.2. The molecule has 2 aromatic rings. The van der Waals surface area contributed by atoms with E-state index in [4.69, 9.17) is 22.7 Å². The Morgan fingerprint density at radius 2 is 2.10 bits per heavy atom. The fourth-order valence-electron chi connectivity index (χ4n) is 1.75. The van der Waals surface area contributed by atoms with E-state index in [0.717, 1.165) is 5.69 Å². The second kappa shape index (κ2) is 6.29. The molecule has 0 saturated heterocycles. The molecular formula is C14H15N3O2S. The van der Waals surface area contributed by atoms with Crippen LogP contribution in [0.15, 0.2) is 41.2 Å². The highest BCUT2D eigenvalue weighted by atomic mass is 32.1. The van der Waals surface area contributed by atoms with Crippen LogP contribution in [0.2, 0.25) is 0 Å². The average Bonchev–Trinajstić information content (AvgIpc) is 2.43. The number of hydrogen-bond acceptors (Lipinski definition) is 4. The highest BCUT2D eigenvalue weighted by Gasteiger charge is 2.05. The number of nitrogens with two attached hydrogens (primary N) is 1. The third-order valence-corrected chi connectivity index (χ3v) is 2.93. The topological polar surface area (TPSA) is 70.1 Å². The summed E-state index contributed by atoms with van der Waals surface area (Å²) in [4.78, 5) is 11.9. The molecule has 1 heterocycles. The molecule has 0 spiro atoms. The maximum Gasteiger partial charge on any atom is 0.266 e. The van der Waals surface area contributed by atoms with Gasteiger partial charge < -0.3 is 10.5 Å². The summed E-state index contributed by atoms with van der Waals surface area (Å²) in [6.07, 6.45) is 0. The van der Waals surface area contributed by atoms with E-state index >= 15 is 0 Å². The molecule has 0 aliphatic heterocycles. The van der Waals surface area contributed by atoms with Crippen molar-refractivity contribution in [3.63, 3.8) is 0 Å². The number of benzene rings is 1. The van der Waals surface area contributed by atoms with Crippen molar-refractivity contribution >= 4 is 17.2 Å². The molecule has 0 unspecified atom stereocenters. The van der Waals surface area contributed by atoms with Crippen LogP contribution in [0.3, 0.4) is 0 Å². The third kappa shape index (κ3) is 3.42. The monoisotopic (exact) mass is 289 g/mol. The van der Waals surface area contributed by atoms with Gasteiger partial charge in [-0.05, 0) is 25.1 Å². The van der Waals surface area contributed by atoms with E-state index in [9.17, 15) is 4.79 Å². The molecule has 0 atom stereocenters. The molecule has 0 aliphatic rings. The lowest BCUT2D eigenvalue weighted by molar-refractivity contribution is 0.287. The van der Waals surface area contributed by atoms with Crippen LogP contribution in [0.25, 0.3) is 0 Å². The molecule has 1 aromatic carbocycles. The Morgan fingerprint density at radius 1 is 1.35 bits per heavy atom.